The van der Waals surface area contributed by atoms with Gasteiger partial charge in [0, 0.05) is 15.6 Å². The fraction of sp³-hybridized carbons (Fsp3) is 0.250. The van der Waals surface area contributed by atoms with Crippen LogP contribution in [0.2, 0.25) is 10.0 Å². The number of halogens is 2. The van der Waals surface area contributed by atoms with Gasteiger partial charge >= 0.3 is 5.97 Å². The molecule has 1 aliphatic heterocycles. The van der Waals surface area contributed by atoms with Crippen LogP contribution in [0.4, 0.5) is 0 Å². The summed E-state index contributed by atoms with van der Waals surface area (Å²) in [7, 11) is -3.71. The average Bonchev–Trinajstić information content (AvgIpc) is 2.96. The predicted octanol–water partition coefficient (Wildman–Crippen LogP) is 2.84. The largest absolute Gasteiger partial charge is 0.454 e. The van der Waals surface area contributed by atoms with E-state index in [0.717, 1.165) is 0 Å². The maximum absolute atomic E-state index is 12.2. The number of carbonyl (C=O) groups excluding carboxylic acids is 2. The Kier molecular flexibility index (Phi) is 6.88. The molecule has 2 N–H and O–H groups in total. The summed E-state index contributed by atoms with van der Waals surface area (Å²) >= 11 is 12.0. The van der Waals surface area contributed by atoms with Gasteiger partial charge in [-0.25, -0.2) is 13.2 Å². The zero-order valence-electron chi connectivity index (χ0n) is 16.6. The van der Waals surface area contributed by atoms with Crippen molar-refractivity contribution in [2.24, 2.45) is 4.99 Å². The third-order valence-electron chi connectivity index (χ3n) is 4.48. The SMILES string of the molecule is CC(NC(=O)COC(=O)[C@H](C)N=C1NS(=O)(=O)c2ccccc21)c1ccc(Cl)cc1Cl. The molecule has 0 spiro atoms. The highest BCUT2D eigenvalue weighted by molar-refractivity contribution is 7.90. The number of fused-ring (bicyclic) bond motifs is 1. The molecular weight excluding hydrogens is 465 g/mol. The molecule has 0 bridgehead atoms. The van der Waals surface area contributed by atoms with Gasteiger partial charge < -0.3 is 10.1 Å². The molecule has 1 unspecified atom stereocenters. The van der Waals surface area contributed by atoms with Crippen molar-refractivity contribution >= 4 is 50.9 Å². The molecule has 8 nitrogen and oxygen atoms in total. The number of carbonyl (C=O) groups is 2. The van der Waals surface area contributed by atoms with Crippen molar-refractivity contribution in [3.63, 3.8) is 0 Å². The molecule has 0 fully saturated rings. The number of aliphatic imine (C=N–C) groups is 1. The second-order valence-corrected chi connectivity index (χ2v) is 9.31. The van der Waals surface area contributed by atoms with Crippen LogP contribution < -0.4 is 10.0 Å². The van der Waals surface area contributed by atoms with Crippen molar-refractivity contribution in [2.45, 2.75) is 30.8 Å². The molecule has 0 aliphatic carbocycles. The lowest BCUT2D eigenvalue weighted by atomic mass is 10.1. The Morgan fingerprint density at radius 1 is 1.16 bits per heavy atom. The second-order valence-electron chi connectivity index (χ2n) is 6.82. The van der Waals surface area contributed by atoms with Gasteiger partial charge in [0.1, 0.15) is 11.9 Å². The first-order valence-electron chi connectivity index (χ1n) is 9.19. The van der Waals surface area contributed by atoms with Gasteiger partial charge in [0.05, 0.1) is 10.9 Å². The van der Waals surface area contributed by atoms with E-state index in [1.54, 1.807) is 43.3 Å². The molecule has 31 heavy (non-hydrogen) atoms. The van der Waals surface area contributed by atoms with Crippen LogP contribution in [-0.4, -0.2) is 38.8 Å². The first-order valence-corrected chi connectivity index (χ1v) is 11.4. The number of ether oxygens (including phenoxy) is 1. The summed E-state index contributed by atoms with van der Waals surface area (Å²) < 4.78 is 31.6. The smallest absolute Gasteiger partial charge is 0.331 e. The number of amidine groups is 1. The summed E-state index contributed by atoms with van der Waals surface area (Å²) in [5.74, 6) is -1.25. The summed E-state index contributed by atoms with van der Waals surface area (Å²) in [5.41, 5.74) is 1.03. The van der Waals surface area contributed by atoms with Crippen molar-refractivity contribution < 1.29 is 22.7 Å². The van der Waals surface area contributed by atoms with E-state index in [-0.39, 0.29) is 10.7 Å². The Bertz CT molecular complexity index is 1170. The van der Waals surface area contributed by atoms with Gasteiger partial charge in [-0.05, 0) is 43.7 Å². The van der Waals surface area contributed by atoms with Crippen LogP contribution in [0.3, 0.4) is 0 Å². The molecule has 2 aromatic rings. The van der Waals surface area contributed by atoms with Gasteiger partial charge in [0.15, 0.2) is 6.61 Å². The lowest BCUT2D eigenvalue weighted by Gasteiger charge is -2.16. The molecule has 1 amide bonds. The molecule has 0 radical (unpaired) electrons. The van der Waals surface area contributed by atoms with Crippen molar-refractivity contribution in [3.8, 4) is 0 Å². The Hall–Kier alpha value is -2.62. The fourth-order valence-electron chi connectivity index (χ4n) is 2.95. The minimum atomic E-state index is -3.71. The van der Waals surface area contributed by atoms with Gasteiger partial charge in [-0.1, -0.05) is 41.4 Å². The molecule has 11 heteroatoms. The van der Waals surface area contributed by atoms with E-state index >= 15 is 0 Å². The Balaban J connectivity index is 1.58. The van der Waals surface area contributed by atoms with Crippen LogP contribution in [0.5, 0.6) is 0 Å². The topological polar surface area (TPSA) is 114 Å². The number of sulfonamides is 1. The summed E-state index contributed by atoms with van der Waals surface area (Å²) in [4.78, 5) is 28.6. The fourth-order valence-corrected chi connectivity index (χ4v) is 4.76. The van der Waals surface area contributed by atoms with Gasteiger partial charge in [-0.3, -0.25) is 14.5 Å². The number of nitrogens with zero attached hydrogens (tertiary/aromatic N) is 1. The average molecular weight is 484 g/mol. The Morgan fingerprint density at radius 3 is 2.58 bits per heavy atom. The highest BCUT2D eigenvalue weighted by atomic mass is 35.5. The monoisotopic (exact) mass is 483 g/mol. The highest BCUT2D eigenvalue weighted by Crippen LogP contribution is 2.26. The van der Waals surface area contributed by atoms with Crippen LogP contribution in [0.25, 0.3) is 0 Å². The molecule has 164 valence electrons. The number of amides is 1. The Labute approximate surface area is 189 Å². The van der Waals surface area contributed by atoms with Crippen LogP contribution >= 0.6 is 23.2 Å². The number of benzene rings is 2. The van der Waals surface area contributed by atoms with Crippen LogP contribution in [0.15, 0.2) is 52.4 Å². The molecule has 0 saturated heterocycles. The van der Waals surface area contributed by atoms with E-state index in [2.05, 4.69) is 15.0 Å². The molecule has 2 aromatic carbocycles. The number of nitrogens with one attached hydrogen (secondary N) is 2. The zero-order valence-corrected chi connectivity index (χ0v) is 18.9. The van der Waals surface area contributed by atoms with E-state index in [0.29, 0.717) is 21.2 Å². The first kappa shape index (κ1) is 23.1. The normalized spacial score (nSPS) is 17.4. The van der Waals surface area contributed by atoms with Crippen LogP contribution in [-0.2, 0) is 24.3 Å². The molecule has 3 rings (SSSR count). The van der Waals surface area contributed by atoms with Crippen molar-refractivity contribution in [3.05, 3.63) is 63.6 Å². The molecular formula is C20H19Cl2N3O5S. The number of esters is 1. The lowest BCUT2D eigenvalue weighted by Crippen LogP contribution is -2.33. The van der Waals surface area contributed by atoms with Crippen molar-refractivity contribution in [2.75, 3.05) is 6.61 Å². The quantitative estimate of drug-likeness (QED) is 0.613. The maximum Gasteiger partial charge on any atom is 0.331 e. The van der Waals surface area contributed by atoms with Gasteiger partial charge in [-0.15, -0.1) is 0 Å². The maximum atomic E-state index is 12.2. The molecule has 0 saturated carbocycles. The van der Waals surface area contributed by atoms with Gasteiger partial charge in [-0.2, -0.15) is 0 Å². The number of rotatable bonds is 6. The van der Waals surface area contributed by atoms with E-state index in [9.17, 15) is 18.0 Å². The van der Waals surface area contributed by atoms with E-state index in [1.807, 2.05) is 0 Å². The second kappa shape index (κ2) is 9.25. The third kappa shape index (κ3) is 5.36. The van der Waals surface area contributed by atoms with E-state index in [4.69, 9.17) is 27.9 Å². The van der Waals surface area contributed by atoms with E-state index < -0.39 is 40.6 Å². The predicted molar refractivity (Wildman–Crippen MR) is 117 cm³/mol. The van der Waals surface area contributed by atoms with Crippen LogP contribution in [0, 0.1) is 0 Å². The lowest BCUT2D eigenvalue weighted by molar-refractivity contribution is -0.149. The zero-order chi connectivity index (χ0) is 22.8. The highest BCUT2D eigenvalue weighted by Gasteiger charge is 2.31. The summed E-state index contributed by atoms with van der Waals surface area (Å²) in [6.07, 6.45) is 0. The standard InChI is InChI=1S/C20H19Cl2N3O5S/c1-11(14-8-7-13(21)9-16(14)22)23-18(26)10-30-20(27)12(2)24-19-15-5-3-4-6-17(15)31(28,29)25-19/h3-9,11-12H,10H2,1-2H3,(H,23,26)(H,24,25)/t11?,12-/m0/s1. The summed E-state index contributed by atoms with van der Waals surface area (Å²) in [6.45, 7) is 2.65. The number of hydrogen-bond donors (Lipinski definition) is 2. The van der Waals surface area contributed by atoms with Crippen molar-refractivity contribution in [1.82, 2.24) is 10.0 Å². The van der Waals surface area contributed by atoms with Crippen LogP contribution in [0.1, 0.15) is 31.0 Å². The number of hydrogen-bond acceptors (Lipinski definition) is 6. The summed E-state index contributed by atoms with van der Waals surface area (Å²) in [6, 6.07) is 9.74. The van der Waals surface area contributed by atoms with Crippen molar-refractivity contribution in [1.29, 1.82) is 0 Å². The minimum absolute atomic E-state index is 0.0514. The third-order valence-corrected chi connectivity index (χ3v) is 6.44. The molecule has 1 heterocycles. The molecule has 0 aromatic heterocycles. The molecule has 1 aliphatic rings. The first-order chi connectivity index (χ1) is 14.6. The minimum Gasteiger partial charge on any atom is -0.454 e. The van der Waals surface area contributed by atoms with E-state index in [1.165, 1.54) is 13.0 Å². The Morgan fingerprint density at radius 2 is 1.87 bits per heavy atom. The van der Waals surface area contributed by atoms with Gasteiger partial charge in [0.25, 0.3) is 15.9 Å². The van der Waals surface area contributed by atoms with Gasteiger partial charge in [0.2, 0.25) is 0 Å². The summed E-state index contributed by atoms with van der Waals surface area (Å²) in [5, 5.41) is 3.56. The molecule has 2 atom stereocenters.